The Morgan fingerprint density at radius 3 is 3.07 bits per heavy atom. The maximum absolute atomic E-state index is 5.64. The summed E-state index contributed by atoms with van der Waals surface area (Å²) in [7, 11) is 0. The molecule has 0 bridgehead atoms. The fourth-order valence-electron chi connectivity index (χ4n) is 1.14. The quantitative estimate of drug-likeness (QED) is 0.823. The monoisotopic (exact) mass is 227 g/mol. The highest BCUT2D eigenvalue weighted by Crippen LogP contribution is 2.14. The molecule has 2 aromatic rings. The number of hydrogen-bond donors (Lipinski definition) is 2. The Balaban J connectivity index is 1.88. The van der Waals surface area contributed by atoms with Crippen molar-refractivity contribution in [3.8, 4) is 0 Å². The van der Waals surface area contributed by atoms with E-state index in [1.165, 1.54) is 0 Å². The average molecular weight is 228 g/mol. The highest BCUT2D eigenvalue weighted by Gasteiger charge is 2.10. The molecule has 2 heterocycles. The van der Waals surface area contributed by atoms with Gasteiger partial charge in [0.25, 0.3) is 0 Å². The maximum atomic E-state index is 5.64. The number of H-pyrrole nitrogens is 1. The van der Waals surface area contributed by atoms with Gasteiger partial charge in [-0.1, -0.05) is 5.21 Å². The van der Waals surface area contributed by atoms with E-state index in [1.807, 2.05) is 13.0 Å². The van der Waals surface area contributed by atoms with Gasteiger partial charge in [-0.05, 0) is 30.7 Å². The zero-order valence-corrected chi connectivity index (χ0v) is 8.82. The molecule has 1 atom stereocenters. The molecule has 80 valence electrons. The number of tetrazole rings is 1. The van der Waals surface area contributed by atoms with E-state index in [0.29, 0.717) is 17.6 Å². The Hall–Kier alpha value is -1.40. The van der Waals surface area contributed by atoms with Crippen molar-refractivity contribution >= 4 is 11.6 Å². The molecule has 2 N–H and O–H groups in total. The fraction of sp³-hybridized carbons (Fsp3) is 0.375. The van der Waals surface area contributed by atoms with Crippen LogP contribution in [0.15, 0.2) is 16.5 Å². The van der Waals surface area contributed by atoms with Crippen molar-refractivity contribution in [1.82, 2.24) is 25.9 Å². The first-order chi connectivity index (χ1) is 7.25. The number of aromatic amines is 1. The van der Waals surface area contributed by atoms with Crippen LogP contribution in [-0.4, -0.2) is 20.6 Å². The van der Waals surface area contributed by atoms with Crippen LogP contribution in [0.3, 0.4) is 0 Å². The molecule has 0 radical (unpaired) electrons. The number of nitrogens with one attached hydrogen (secondary N) is 2. The summed E-state index contributed by atoms with van der Waals surface area (Å²) in [5.41, 5.74) is 0. The molecule has 1 unspecified atom stereocenters. The van der Waals surface area contributed by atoms with Crippen molar-refractivity contribution in [3.05, 3.63) is 28.9 Å². The van der Waals surface area contributed by atoms with E-state index >= 15 is 0 Å². The van der Waals surface area contributed by atoms with Gasteiger partial charge >= 0.3 is 0 Å². The number of nitrogens with zero attached hydrogens (tertiary/aromatic N) is 3. The van der Waals surface area contributed by atoms with E-state index in [4.69, 9.17) is 16.0 Å². The Morgan fingerprint density at radius 1 is 1.60 bits per heavy atom. The number of aromatic nitrogens is 4. The first kappa shape index (κ1) is 10.1. The summed E-state index contributed by atoms with van der Waals surface area (Å²) >= 11 is 5.64. The van der Waals surface area contributed by atoms with Crippen molar-refractivity contribution in [2.24, 2.45) is 0 Å². The van der Waals surface area contributed by atoms with E-state index in [9.17, 15) is 0 Å². The smallest absolute Gasteiger partial charge is 0.193 e. The maximum Gasteiger partial charge on any atom is 0.193 e. The molecular weight excluding hydrogens is 218 g/mol. The lowest BCUT2D eigenvalue weighted by Crippen LogP contribution is -2.18. The minimum atomic E-state index is 0.00706. The van der Waals surface area contributed by atoms with Crippen molar-refractivity contribution in [1.29, 1.82) is 0 Å². The van der Waals surface area contributed by atoms with Gasteiger partial charge in [-0.25, -0.2) is 0 Å². The molecule has 0 aliphatic carbocycles. The van der Waals surface area contributed by atoms with E-state index in [2.05, 4.69) is 25.9 Å². The van der Waals surface area contributed by atoms with Crippen molar-refractivity contribution < 1.29 is 4.42 Å². The van der Waals surface area contributed by atoms with Crippen LogP contribution < -0.4 is 5.32 Å². The van der Waals surface area contributed by atoms with Gasteiger partial charge in [0.2, 0.25) is 0 Å². The second-order valence-corrected chi connectivity index (χ2v) is 3.45. The summed E-state index contributed by atoms with van der Waals surface area (Å²) in [5.74, 6) is 1.39. The predicted octanol–water partition coefficient (Wildman–Crippen LogP) is 1.30. The third kappa shape index (κ3) is 2.54. The Labute approximate surface area is 91.0 Å². The fourth-order valence-corrected chi connectivity index (χ4v) is 1.31. The minimum Gasteiger partial charge on any atom is -0.448 e. The van der Waals surface area contributed by atoms with E-state index in [0.717, 1.165) is 5.76 Å². The average Bonchev–Trinajstić information content (AvgIpc) is 2.84. The zero-order valence-electron chi connectivity index (χ0n) is 8.07. The lowest BCUT2D eigenvalue weighted by atomic mass is 10.3. The highest BCUT2D eigenvalue weighted by molar-refractivity contribution is 6.28. The van der Waals surface area contributed by atoms with Gasteiger partial charge in [-0.2, -0.15) is 5.21 Å². The molecule has 0 saturated carbocycles. The molecule has 15 heavy (non-hydrogen) atoms. The topological polar surface area (TPSA) is 79.6 Å². The van der Waals surface area contributed by atoms with Crippen LogP contribution in [0.4, 0.5) is 0 Å². The molecule has 7 heteroatoms. The minimum absolute atomic E-state index is 0.00706. The van der Waals surface area contributed by atoms with Gasteiger partial charge in [0.1, 0.15) is 5.76 Å². The second-order valence-electron chi connectivity index (χ2n) is 3.08. The molecule has 0 aliphatic rings. The van der Waals surface area contributed by atoms with E-state index < -0.39 is 0 Å². The largest absolute Gasteiger partial charge is 0.448 e. The summed E-state index contributed by atoms with van der Waals surface area (Å²) in [4.78, 5) is 0. The molecule has 6 nitrogen and oxygen atoms in total. The van der Waals surface area contributed by atoms with Crippen LogP contribution >= 0.6 is 11.6 Å². The molecule has 0 spiro atoms. The molecule has 0 fully saturated rings. The van der Waals surface area contributed by atoms with E-state index in [1.54, 1.807) is 6.07 Å². The molecule has 0 aliphatic heterocycles. The van der Waals surface area contributed by atoms with Crippen LogP contribution in [-0.2, 0) is 6.54 Å². The van der Waals surface area contributed by atoms with Crippen molar-refractivity contribution in [3.63, 3.8) is 0 Å². The van der Waals surface area contributed by atoms with Gasteiger partial charge in [-0.15, -0.1) is 10.2 Å². The lowest BCUT2D eigenvalue weighted by Gasteiger charge is -2.07. The van der Waals surface area contributed by atoms with Crippen LogP contribution in [0.25, 0.3) is 0 Å². The lowest BCUT2D eigenvalue weighted by molar-refractivity contribution is 0.454. The van der Waals surface area contributed by atoms with Gasteiger partial charge in [0, 0.05) is 0 Å². The molecule has 2 aromatic heterocycles. The molecular formula is C8H10ClN5O. The number of halogens is 1. The summed E-state index contributed by atoms with van der Waals surface area (Å²) in [6, 6.07) is 3.53. The Bertz CT molecular complexity index is 412. The van der Waals surface area contributed by atoms with E-state index in [-0.39, 0.29) is 6.04 Å². The number of furan rings is 1. The number of rotatable bonds is 4. The highest BCUT2D eigenvalue weighted by atomic mass is 35.5. The Kier molecular flexibility index (Phi) is 2.98. The van der Waals surface area contributed by atoms with Gasteiger partial charge in [-0.3, -0.25) is 0 Å². The molecule has 0 amide bonds. The first-order valence-electron chi connectivity index (χ1n) is 4.46. The molecule has 0 aromatic carbocycles. The second kappa shape index (κ2) is 4.41. The van der Waals surface area contributed by atoms with Gasteiger partial charge in [0.15, 0.2) is 11.0 Å². The standard InChI is InChI=1S/C8H10ClN5O/c1-5(8-11-13-14-12-8)10-4-6-2-3-7(9)15-6/h2-3,5,10H,4H2,1H3,(H,11,12,13,14). The predicted molar refractivity (Wildman–Crippen MR) is 53.2 cm³/mol. The summed E-state index contributed by atoms with van der Waals surface area (Å²) < 4.78 is 5.19. The van der Waals surface area contributed by atoms with Crippen molar-refractivity contribution in [2.45, 2.75) is 19.5 Å². The van der Waals surface area contributed by atoms with Crippen LogP contribution in [0.5, 0.6) is 0 Å². The molecule has 2 rings (SSSR count). The van der Waals surface area contributed by atoms with Crippen molar-refractivity contribution in [2.75, 3.05) is 0 Å². The first-order valence-corrected chi connectivity index (χ1v) is 4.84. The molecule has 0 saturated heterocycles. The normalized spacial score (nSPS) is 12.9. The Morgan fingerprint density at radius 2 is 2.47 bits per heavy atom. The summed E-state index contributed by atoms with van der Waals surface area (Å²) in [6.07, 6.45) is 0. The van der Waals surface area contributed by atoms with Crippen LogP contribution in [0.2, 0.25) is 5.22 Å². The summed E-state index contributed by atoms with van der Waals surface area (Å²) in [5, 5.41) is 17.2. The third-order valence-electron chi connectivity index (χ3n) is 1.96. The number of hydrogen-bond acceptors (Lipinski definition) is 5. The zero-order chi connectivity index (χ0) is 10.7. The van der Waals surface area contributed by atoms with Gasteiger partial charge < -0.3 is 9.73 Å². The third-order valence-corrected chi connectivity index (χ3v) is 2.16. The summed E-state index contributed by atoms with van der Waals surface area (Å²) in [6.45, 7) is 2.51. The SMILES string of the molecule is CC(NCc1ccc(Cl)o1)c1nn[nH]n1. The van der Waals surface area contributed by atoms with Crippen LogP contribution in [0, 0.1) is 0 Å². The van der Waals surface area contributed by atoms with Gasteiger partial charge in [0.05, 0.1) is 12.6 Å². The van der Waals surface area contributed by atoms with Crippen LogP contribution in [0.1, 0.15) is 24.6 Å².